The van der Waals surface area contributed by atoms with Crippen molar-refractivity contribution in [3.05, 3.63) is 87.3 Å². The maximum absolute atomic E-state index is 13.7. The van der Waals surface area contributed by atoms with Gasteiger partial charge in [0, 0.05) is 23.6 Å². The minimum atomic E-state index is -4.50. The minimum absolute atomic E-state index is 0.165. The molecule has 0 radical (unpaired) electrons. The number of nitrogens with zero attached hydrogens (tertiary/aromatic N) is 3. The van der Waals surface area contributed by atoms with Crippen LogP contribution in [0, 0.1) is 0 Å². The third-order valence-electron chi connectivity index (χ3n) is 7.03. The van der Waals surface area contributed by atoms with Crippen molar-refractivity contribution in [3.8, 4) is 17.2 Å². The van der Waals surface area contributed by atoms with Gasteiger partial charge >= 0.3 is 6.18 Å². The summed E-state index contributed by atoms with van der Waals surface area (Å²) in [7, 11) is 3.04. The number of pyridine rings is 1. The summed E-state index contributed by atoms with van der Waals surface area (Å²) in [5.41, 5.74) is 2.29. The van der Waals surface area contributed by atoms with Crippen LogP contribution in [0.4, 0.5) is 13.2 Å². The Morgan fingerprint density at radius 1 is 1.05 bits per heavy atom. The van der Waals surface area contributed by atoms with E-state index < -0.39 is 17.8 Å². The molecular weight excluding hydrogens is 591 g/mol. The van der Waals surface area contributed by atoms with E-state index in [2.05, 4.69) is 20.9 Å². The Balaban J connectivity index is 1.57. The molecule has 0 aliphatic carbocycles. The molecule has 7 nitrogen and oxygen atoms in total. The fourth-order valence-electron chi connectivity index (χ4n) is 5.08. The summed E-state index contributed by atoms with van der Waals surface area (Å²) in [5, 5.41) is 0. The van der Waals surface area contributed by atoms with Crippen molar-refractivity contribution in [2.45, 2.75) is 32.0 Å². The molecule has 0 spiro atoms. The Bertz CT molecular complexity index is 1570. The van der Waals surface area contributed by atoms with Crippen LogP contribution in [0.25, 0.3) is 5.65 Å². The van der Waals surface area contributed by atoms with Gasteiger partial charge in [-0.3, -0.25) is 4.79 Å². The van der Waals surface area contributed by atoms with Crippen molar-refractivity contribution >= 4 is 27.5 Å². The highest BCUT2D eigenvalue weighted by atomic mass is 79.9. The summed E-state index contributed by atoms with van der Waals surface area (Å²) in [5.74, 6) is 1.33. The molecule has 2 aromatic carbocycles. The third-order valence-corrected chi connectivity index (χ3v) is 7.52. The summed E-state index contributed by atoms with van der Waals surface area (Å²) < 4.78 is 59.7. The van der Waals surface area contributed by atoms with Gasteiger partial charge in [-0.15, -0.1) is 0 Å². The van der Waals surface area contributed by atoms with E-state index in [0.29, 0.717) is 47.2 Å². The first-order valence-electron chi connectivity index (χ1n) is 12.6. The number of halogens is 4. The number of aryl methyl sites for hydroxylation is 1. The molecule has 5 rings (SSSR count). The highest BCUT2D eigenvalue weighted by Crippen LogP contribution is 2.40. The zero-order valence-electron chi connectivity index (χ0n) is 22.1. The third kappa shape index (κ3) is 5.22. The Morgan fingerprint density at radius 3 is 2.50 bits per heavy atom. The number of hydrogen-bond acceptors (Lipinski definition) is 5. The van der Waals surface area contributed by atoms with E-state index in [1.54, 1.807) is 21.4 Å². The molecule has 210 valence electrons. The fourth-order valence-corrected chi connectivity index (χ4v) is 5.49. The van der Waals surface area contributed by atoms with Crippen molar-refractivity contribution in [2.24, 2.45) is 0 Å². The van der Waals surface area contributed by atoms with E-state index >= 15 is 0 Å². The van der Waals surface area contributed by atoms with Crippen LogP contribution < -0.4 is 14.2 Å². The Labute approximate surface area is 237 Å². The molecule has 1 atom stereocenters. The molecule has 2 aromatic heterocycles. The van der Waals surface area contributed by atoms with E-state index in [9.17, 15) is 18.0 Å². The SMILES string of the molecule is CCc1cc(Br)ccc1OCC(=O)N1CCc2nc3cc(C(F)(F)F)ccn3c2C1c1ccc(OC)c(OC)c1. The first kappa shape index (κ1) is 27.8. The molecule has 1 aliphatic rings. The predicted octanol–water partition coefficient (Wildman–Crippen LogP) is 6.25. The molecule has 0 bridgehead atoms. The van der Waals surface area contributed by atoms with Gasteiger partial charge in [-0.1, -0.05) is 28.9 Å². The van der Waals surface area contributed by atoms with Crippen LogP contribution in [0.15, 0.2) is 59.2 Å². The maximum atomic E-state index is 13.7. The highest BCUT2D eigenvalue weighted by molar-refractivity contribution is 9.10. The number of methoxy groups -OCH3 is 2. The van der Waals surface area contributed by atoms with Crippen molar-refractivity contribution in [2.75, 3.05) is 27.4 Å². The van der Waals surface area contributed by atoms with E-state index in [4.69, 9.17) is 14.2 Å². The van der Waals surface area contributed by atoms with Crippen molar-refractivity contribution in [3.63, 3.8) is 0 Å². The number of ether oxygens (including phenoxy) is 3. The van der Waals surface area contributed by atoms with Gasteiger partial charge in [-0.2, -0.15) is 13.2 Å². The molecule has 3 heterocycles. The van der Waals surface area contributed by atoms with Crippen LogP contribution in [0.2, 0.25) is 0 Å². The summed E-state index contributed by atoms with van der Waals surface area (Å²) in [6.45, 7) is 2.11. The molecule has 1 aliphatic heterocycles. The zero-order valence-corrected chi connectivity index (χ0v) is 23.7. The normalized spacial score (nSPS) is 15.2. The number of fused-ring (bicyclic) bond motifs is 3. The van der Waals surface area contributed by atoms with E-state index in [0.717, 1.165) is 28.6 Å². The zero-order chi connectivity index (χ0) is 28.6. The minimum Gasteiger partial charge on any atom is -0.493 e. The lowest BCUT2D eigenvalue weighted by atomic mass is 9.95. The summed E-state index contributed by atoms with van der Waals surface area (Å²) >= 11 is 3.46. The topological polar surface area (TPSA) is 65.3 Å². The van der Waals surface area contributed by atoms with Gasteiger partial charge in [-0.05, 0) is 60.0 Å². The number of imidazole rings is 1. The molecule has 0 saturated carbocycles. The number of benzene rings is 2. The smallest absolute Gasteiger partial charge is 0.416 e. The number of rotatable bonds is 7. The molecular formula is C29H27BrF3N3O4. The highest BCUT2D eigenvalue weighted by Gasteiger charge is 2.37. The van der Waals surface area contributed by atoms with E-state index in [-0.39, 0.29) is 18.2 Å². The van der Waals surface area contributed by atoms with Gasteiger partial charge < -0.3 is 23.5 Å². The van der Waals surface area contributed by atoms with Crippen LogP contribution in [0.1, 0.15) is 41.0 Å². The standard InChI is InChI=1S/C29H27BrF3N3O4/c1-4-17-13-20(30)6-8-22(17)40-16-26(37)36-12-10-21-28(27(36)18-5-7-23(38-2)24(14-18)39-3)35-11-9-19(29(31,32)33)15-25(35)34-21/h5-9,11,13-15,27H,4,10,12,16H2,1-3H3. The first-order valence-corrected chi connectivity index (χ1v) is 13.4. The Kier molecular flexibility index (Phi) is 7.67. The maximum Gasteiger partial charge on any atom is 0.416 e. The van der Waals surface area contributed by atoms with Crippen molar-refractivity contribution < 1.29 is 32.2 Å². The fraction of sp³-hybridized carbons (Fsp3) is 0.310. The Morgan fingerprint density at radius 2 is 1.80 bits per heavy atom. The van der Waals surface area contributed by atoms with E-state index in [1.807, 2.05) is 31.2 Å². The number of carbonyl (C=O) groups excluding carboxylic acids is 1. The number of aromatic nitrogens is 2. The lowest BCUT2D eigenvalue weighted by Gasteiger charge is -2.36. The van der Waals surface area contributed by atoms with Gasteiger partial charge in [-0.25, -0.2) is 4.98 Å². The second-order valence-electron chi connectivity index (χ2n) is 9.33. The van der Waals surface area contributed by atoms with E-state index in [1.165, 1.54) is 20.4 Å². The number of alkyl halides is 3. The quantitative estimate of drug-likeness (QED) is 0.245. The lowest BCUT2D eigenvalue weighted by Crippen LogP contribution is -2.43. The van der Waals surface area contributed by atoms with Crippen LogP contribution in [0.3, 0.4) is 0 Å². The van der Waals surface area contributed by atoms with Gasteiger partial charge in [0.2, 0.25) is 0 Å². The van der Waals surface area contributed by atoms with Gasteiger partial charge in [0.25, 0.3) is 5.91 Å². The molecule has 0 saturated heterocycles. The number of carbonyl (C=O) groups is 1. The molecule has 1 unspecified atom stereocenters. The summed E-state index contributed by atoms with van der Waals surface area (Å²) in [4.78, 5) is 19.9. The Hall–Kier alpha value is -3.73. The second-order valence-corrected chi connectivity index (χ2v) is 10.2. The average Bonchev–Trinajstić information content (AvgIpc) is 3.33. The summed E-state index contributed by atoms with van der Waals surface area (Å²) in [6.07, 6.45) is -2.03. The average molecular weight is 618 g/mol. The van der Waals surface area contributed by atoms with Gasteiger partial charge in [0.05, 0.1) is 37.2 Å². The monoisotopic (exact) mass is 617 g/mol. The molecule has 40 heavy (non-hydrogen) atoms. The molecule has 11 heteroatoms. The van der Waals surface area contributed by atoms with Gasteiger partial charge in [0.1, 0.15) is 11.4 Å². The molecule has 0 fully saturated rings. The van der Waals surface area contributed by atoms with Crippen LogP contribution in [-0.4, -0.2) is 47.6 Å². The van der Waals surface area contributed by atoms with Crippen LogP contribution in [0.5, 0.6) is 17.2 Å². The molecule has 1 amide bonds. The number of amides is 1. The van der Waals surface area contributed by atoms with Crippen LogP contribution in [-0.2, 0) is 23.8 Å². The number of hydrogen-bond donors (Lipinski definition) is 0. The van der Waals surface area contributed by atoms with Crippen molar-refractivity contribution in [1.82, 2.24) is 14.3 Å². The van der Waals surface area contributed by atoms with Crippen molar-refractivity contribution in [1.29, 1.82) is 0 Å². The lowest BCUT2D eigenvalue weighted by molar-refractivity contribution is -0.137. The van der Waals surface area contributed by atoms with Crippen LogP contribution >= 0.6 is 15.9 Å². The molecule has 0 N–H and O–H groups in total. The molecule has 4 aromatic rings. The second kappa shape index (κ2) is 11.0. The summed E-state index contributed by atoms with van der Waals surface area (Å²) in [6, 6.07) is 12.3. The predicted molar refractivity (Wildman–Crippen MR) is 146 cm³/mol. The van der Waals surface area contributed by atoms with Gasteiger partial charge in [0.15, 0.2) is 18.1 Å². The largest absolute Gasteiger partial charge is 0.493 e. The first-order chi connectivity index (χ1) is 19.1.